The summed E-state index contributed by atoms with van der Waals surface area (Å²) in [6, 6.07) is 4.73. The maximum Gasteiger partial charge on any atom is 0.244 e. The van der Waals surface area contributed by atoms with Gasteiger partial charge in [0.25, 0.3) is 0 Å². The summed E-state index contributed by atoms with van der Waals surface area (Å²) in [5.74, 6) is 1.22. The number of ether oxygens (including phenoxy) is 2. The monoisotopic (exact) mass is 313 g/mol. The Hall–Kier alpha value is -1.27. The van der Waals surface area contributed by atoms with Crippen LogP contribution in [0.5, 0.6) is 11.5 Å². The molecule has 0 amide bonds. The van der Waals surface area contributed by atoms with Crippen molar-refractivity contribution in [3.8, 4) is 11.5 Å². The molecular weight excluding hydrogens is 290 g/mol. The highest BCUT2D eigenvalue weighted by Crippen LogP contribution is 2.30. The molecule has 1 aromatic rings. The standard InChI is InChI=1S/C15H23NO4S/c1-11-6-4-5-7-13(11)16-21(17,18)15-9-8-12(19-2)10-14(15)20-3/h8-11,13,16H,4-7H2,1-3H3. The minimum absolute atomic E-state index is 0.00411. The van der Waals surface area contributed by atoms with Crippen LogP contribution in [0.25, 0.3) is 0 Å². The van der Waals surface area contributed by atoms with Crippen LogP contribution < -0.4 is 14.2 Å². The fourth-order valence-corrected chi connectivity index (χ4v) is 4.28. The Labute approximate surface area is 126 Å². The van der Waals surface area contributed by atoms with E-state index < -0.39 is 10.0 Å². The second kappa shape index (κ2) is 6.66. The Balaban J connectivity index is 2.26. The van der Waals surface area contributed by atoms with Crippen molar-refractivity contribution >= 4 is 10.0 Å². The molecule has 2 rings (SSSR count). The third kappa shape index (κ3) is 3.68. The number of methoxy groups -OCH3 is 2. The van der Waals surface area contributed by atoms with E-state index in [9.17, 15) is 8.42 Å². The van der Waals surface area contributed by atoms with E-state index in [-0.39, 0.29) is 10.9 Å². The quantitative estimate of drug-likeness (QED) is 0.907. The Morgan fingerprint density at radius 1 is 1.14 bits per heavy atom. The highest BCUT2D eigenvalue weighted by molar-refractivity contribution is 7.89. The van der Waals surface area contributed by atoms with Crippen LogP contribution in [0.2, 0.25) is 0 Å². The van der Waals surface area contributed by atoms with Gasteiger partial charge in [-0.25, -0.2) is 13.1 Å². The van der Waals surface area contributed by atoms with E-state index in [2.05, 4.69) is 11.6 Å². The highest BCUT2D eigenvalue weighted by Gasteiger charge is 2.28. The normalized spacial score (nSPS) is 22.8. The zero-order chi connectivity index (χ0) is 15.5. The molecule has 1 saturated carbocycles. The van der Waals surface area contributed by atoms with Gasteiger partial charge in [-0.05, 0) is 30.9 Å². The average Bonchev–Trinajstić information content (AvgIpc) is 2.48. The summed E-state index contributed by atoms with van der Waals surface area (Å²) in [6.07, 6.45) is 4.19. The molecule has 0 saturated heterocycles. The van der Waals surface area contributed by atoms with Crippen LogP contribution in [0.15, 0.2) is 23.1 Å². The zero-order valence-corrected chi connectivity index (χ0v) is 13.6. The lowest BCUT2D eigenvalue weighted by Crippen LogP contribution is -2.41. The Kier molecular flexibility index (Phi) is 5.11. The van der Waals surface area contributed by atoms with Gasteiger partial charge in [-0.2, -0.15) is 0 Å². The van der Waals surface area contributed by atoms with Gasteiger partial charge in [0, 0.05) is 12.1 Å². The molecule has 5 nitrogen and oxygen atoms in total. The molecule has 118 valence electrons. The molecule has 1 aliphatic carbocycles. The molecule has 1 fully saturated rings. The summed E-state index contributed by atoms with van der Waals surface area (Å²) in [5, 5.41) is 0. The molecule has 0 heterocycles. The van der Waals surface area contributed by atoms with Crippen molar-refractivity contribution in [3.05, 3.63) is 18.2 Å². The third-order valence-electron chi connectivity index (χ3n) is 4.08. The van der Waals surface area contributed by atoms with Crippen molar-refractivity contribution in [1.82, 2.24) is 4.72 Å². The fourth-order valence-electron chi connectivity index (χ4n) is 2.75. The number of benzene rings is 1. The van der Waals surface area contributed by atoms with Gasteiger partial charge in [0.05, 0.1) is 14.2 Å². The predicted octanol–water partition coefficient (Wildman–Crippen LogP) is 2.56. The fraction of sp³-hybridized carbons (Fsp3) is 0.600. The molecular formula is C15H23NO4S. The van der Waals surface area contributed by atoms with Crippen molar-refractivity contribution in [2.45, 2.75) is 43.5 Å². The number of sulfonamides is 1. The van der Waals surface area contributed by atoms with Crippen molar-refractivity contribution in [2.24, 2.45) is 5.92 Å². The second-order valence-electron chi connectivity index (χ2n) is 5.51. The van der Waals surface area contributed by atoms with Crippen LogP contribution in [0.1, 0.15) is 32.6 Å². The Bertz CT molecular complexity index is 585. The SMILES string of the molecule is COc1ccc(S(=O)(=O)NC2CCCCC2C)c(OC)c1. The van der Waals surface area contributed by atoms with Crippen LogP contribution >= 0.6 is 0 Å². The van der Waals surface area contributed by atoms with Gasteiger partial charge in [0.15, 0.2) is 0 Å². The number of hydrogen-bond donors (Lipinski definition) is 1. The topological polar surface area (TPSA) is 64.6 Å². The lowest BCUT2D eigenvalue weighted by molar-refractivity contribution is 0.310. The first-order valence-electron chi connectivity index (χ1n) is 7.22. The van der Waals surface area contributed by atoms with Gasteiger partial charge in [-0.15, -0.1) is 0 Å². The van der Waals surface area contributed by atoms with Crippen LogP contribution in [0.4, 0.5) is 0 Å². The summed E-state index contributed by atoms with van der Waals surface area (Å²) in [4.78, 5) is 0.156. The smallest absolute Gasteiger partial charge is 0.244 e. The first-order valence-corrected chi connectivity index (χ1v) is 8.70. The van der Waals surface area contributed by atoms with Crippen LogP contribution in [-0.4, -0.2) is 28.7 Å². The molecule has 21 heavy (non-hydrogen) atoms. The van der Waals surface area contributed by atoms with E-state index in [0.717, 1.165) is 19.3 Å². The lowest BCUT2D eigenvalue weighted by atomic mass is 9.87. The summed E-state index contributed by atoms with van der Waals surface area (Å²) in [5.41, 5.74) is 0. The van der Waals surface area contributed by atoms with Gasteiger partial charge in [-0.3, -0.25) is 0 Å². The van der Waals surface area contributed by atoms with E-state index in [4.69, 9.17) is 9.47 Å². The minimum atomic E-state index is -3.59. The van der Waals surface area contributed by atoms with Gasteiger partial charge in [0.1, 0.15) is 16.4 Å². The second-order valence-corrected chi connectivity index (χ2v) is 7.19. The number of nitrogens with one attached hydrogen (secondary N) is 1. The van der Waals surface area contributed by atoms with E-state index in [1.165, 1.54) is 26.7 Å². The number of rotatable bonds is 5. The maximum absolute atomic E-state index is 12.6. The lowest BCUT2D eigenvalue weighted by Gasteiger charge is -2.29. The molecule has 2 unspecified atom stereocenters. The average molecular weight is 313 g/mol. The molecule has 2 atom stereocenters. The van der Waals surface area contributed by atoms with Gasteiger partial charge in [-0.1, -0.05) is 19.8 Å². The number of hydrogen-bond acceptors (Lipinski definition) is 4. The van der Waals surface area contributed by atoms with Crippen LogP contribution in [0.3, 0.4) is 0 Å². The molecule has 1 N–H and O–H groups in total. The van der Waals surface area contributed by atoms with E-state index >= 15 is 0 Å². The first kappa shape index (κ1) is 16.1. The van der Waals surface area contributed by atoms with Gasteiger partial charge >= 0.3 is 0 Å². The summed E-state index contributed by atoms with van der Waals surface area (Å²) in [6.45, 7) is 2.09. The van der Waals surface area contributed by atoms with Crippen molar-refractivity contribution in [2.75, 3.05) is 14.2 Å². The molecule has 0 aromatic heterocycles. The van der Waals surface area contributed by atoms with E-state index in [1.54, 1.807) is 12.1 Å². The van der Waals surface area contributed by atoms with Crippen LogP contribution in [-0.2, 0) is 10.0 Å². The molecule has 0 radical (unpaired) electrons. The van der Waals surface area contributed by atoms with Crippen molar-refractivity contribution < 1.29 is 17.9 Å². The van der Waals surface area contributed by atoms with Crippen molar-refractivity contribution in [1.29, 1.82) is 0 Å². The predicted molar refractivity (Wildman–Crippen MR) is 81.3 cm³/mol. The van der Waals surface area contributed by atoms with Gasteiger partial charge < -0.3 is 9.47 Å². The first-order chi connectivity index (χ1) is 9.97. The molecule has 0 aliphatic heterocycles. The minimum Gasteiger partial charge on any atom is -0.497 e. The summed E-state index contributed by atoms with van der Waals surface area (Å²) in [7, 11) is -0.603. The molecule has 6 heteroatoms. The third-order valence-corrected chi connectivity index (χ3v) is 5.61. The zero-order valence-electron chi connectivity index (χ0n) is 12.8. The summed E-state index contributed by atoms with van der Waals surface area (Å²) >= 11 is 0. The summed E-state index contributed by atoms with van der Waals surface area (Å²) < 4.78 is 38.3. The van der Waals surface area contributed by atoms with Crippen LogP contribution in [0, 0.1) is 5.92 Å². The maximum atomic E-state index is 12.6. The molecule has 1 aromatic carbocycles. The van der Waals surface area contributed by atoms with E-state index in [1.807, 2.05) is 0 Å². The van der Waals surface area contributed by atoms with Gasteiger partial charge in [0.2, 0.25) is 10.0 Å². The highest BCUT2D eigenvalue weighted by atomic mass is 32.2. The molecule has 1 aliphatic rings. The Morgan fingerprint density at radius 3 is 2.48 bits per heavy atom. The molecule has 0 spiro atoms. The molecule has 0 bridgehead atoms. The Morgan fingerprint density at radius 2 is 1.86 bits per heavy atom. The van der Waals surface area contributed by atoms with Crippen molar-refractivity contribution in [3.63, 3.8) is 0 Å². The largest absolute Gasteiger partial charge is 0.497 e. The van der Waals surface area contributed by atoms with E-state index in [0.29, 0.717) is 17.4 Å².